The first-order valence-corrected chi connectivity index (χ1v) is 6.72. The van der Waals surface area contributed by atoms with Crippen molar-refractivity contribution in [1.82, 2.24) is 14.3 Å². The van der Waals surface area contributed by atoms with Crippen LogP contribution in [0.4, 0.5) is 5.69 Å². The fraction of sp³-hybridized carbons (Fsp3) is 0.462. The van der Waals surface area contributed by atoms with Crippen LogP contribution in [0.25, 0.3) is 5.52 Å². The Hall–Kier alpha value is -1.26. The highest BCUT2D eigenvalue weighted by molar-refractivity contribution is 6.32. The summed E-state index contributed by atoms with van der Waals surface area (Å²) >= 11 is 6.20. The van der Waals surface area contributed by atoms with Crippen LogP contribution >= 0.6 is 11.6 Å². The molecule has 0 radical (unpaired) electrons. The minimum absolute atomic E-state index is 0.466. The Morgan fingerprint density at radius 1 is 1.56 bits per heavy atom. The Morgan fingerprint density at radius 2 is 2.39 bits per heavy atom. The topological polar surface area (TPSA) is 46.6 Å². The summed E-state index contributed by atoms with van der Waals surface area (Å²) in [6, 6.07) is 3.77. The molecule has 1 unspecified atom stereocenters. The maximum Gasteiger partial charge on any atom is 0.155 e. The number of likely N-dealkylation sites (tertiary alicyclic amines) is 1. The van der Waals surface area contributed by atoms with Gasteiger partial charge in [0.15, 0.2) is 5.15 Å². The highest BCUT2D eigenvalue weighted by atomic mass is 35.5. The van der Waals surface area contributed by atoms with Crippen molar-refractivity contribution in [3.05, 3.63) is 29.3 Å². The average molecular weight is 265 g/mol. The Balaban J connectivity index is 2.03. The lowest BCUT2D eigenvalue weighted by atomic mass is 10.1. The summed E-state index contributed by atoms with van der Waals surface area (Å²) in [4.78, 5) is 6.97. The van der Waals surface area contributed by atoms with Gasteiger partial charge in [-0.05, 0) is 31.6 Å². The van der Waals surface area contributed by atoms with E-state index in [1.165, 1.54) is 0 Å². The van der Waals surface area contributed by atoms with Gasteiger partial charge < -0.3 is 15.0 Å². The average Bonchev–Trinajstić information content (AvgIpc) is 2.95. The summed E-state index contributed by atoms with van der Waals surface area (Å²) < 4.78 is 2.07. The van der Waals surface area contributed by atoms with Gasteiger partial charge in [-0.1, -0.05) is 18.5 Å². The number of hydrogen-bond acceptors (Lipinski definition) is 3. The molecule has 2 N–H and O–H groups in total. The number of imidazole rings is 1. The largest absolute Gasteiger partial charge is 0.399 e. The quantitative estimate of drug-likeness (QED) is 0.906. The predicted molar refractivity (Wildman–Crippen MR) is 74.1 cm³/mol. The zero-order valence-corrected chi connectivity index (χ0v) is 11.2. The zero-order valence-electron chi connectivity index (χ0n) is 10.4. The molecule has 5 heteroatoms. The molecule has 1 atom stereocenters. The fourth-order valence-electron chi connectivity index (χ4n) is 2.71. The molecule has 0 saturated carbocycles. The number of nitrogens with zero attached hydrogens (tertiary/aromatic N) is 3. The number of anilines is 1. The van der Waals surface area contributed by atoms with E-state index in [9.17, 15) is 0 Å². The second kappa shape index (κ2) is 4.44. The lowest BCUT2D eigenvalue weighted by Crippen LogP contribution is -2.19. The smallest absolute Gasteiger partial charge is 0.155 e. The summed E-state index contributed by atoms with van der Waals surface area (Å²) in [5, 5.41) is 0.548. The van der Waals surface area contributed by atoms with Crippen LogP contribution < -0.4 is 5.73 Å². The summed E-state index contributed by atoms with van der Waals surface area (Å²) in [6.45, 7) is 5.50. The molecule has 3 heterocycles. The molecule has 1 aliphatic heterocycles. The van der Waals surface area contributed by atoms with Crippen molar-refractivity contribution in [3.63, 3.8) is 0 Å². The van der Waals surface area contributed by atoms with E-state index in [-0.39, 0.29) is 0 Å². The number of rotatable bonds is 2. The SMILES string of the molecule is CCN1CCC(c2nc(Cl)c3cc(N)ccn23)C1. The molecule has 0 amide bonds. The highest BCUT2D eigenvalue weighted by Gasteiger charge is 2.26. The maximum atomic E-state index is 6.20. The molecule has 96 valence electrons. The number of halogens is 1. The molecule has 2 aromatic rings. The molecule has 0 aromatic carbocycles. The van der Waals surface area contributed by atoms with Gasteiger partial charge in [0, 0.05) is 24.3 Å². The molecule has 0 aliphatic carbocycles. The third-order valence-electron chi connectivity index (χ3n) is 3.73. The van der Waals surface area contributed by atoms with E-state index in [1.54, 1.807) is 0 Å². The molecule has 1 aliphatic rings. The fourth-order valence-corrected chi connectivity index (χ4v) is 2.94. The monoisotopic (exact) mass is 264 g/mol. The van der Waals surface area contributed by atoms with Gasteiger partial charge in [-0.25, -0.2) is 4.98 Å². The normalized spacial score (nSPS) is 20.9. The van der Waals surface area contributed by atoms with Crippen molar-refractivity contribution >= 4 is 22.8 Å². The van der Waals surface area contributed by atoms with Gasteiger partial charge in [0.05, 0.1) is 5.52 Å². The first-order valence-electron chi connectivity index (χ1n) is 6.34. The second-order valence-electron chi connectivity index (χ2n) is 4.85. The number of nitrogens with two attached hydrogens (primary N) is 1. The van der Waals surface area contributed by atoms with Gasteiger partial charge in [-0.15, -0.1) is 0 Å². The molecule has 2 aromatic heterocycles. The number of fused-ring (bicyclic) bond motifs is 1. The van der Waals surface area contributed by atoms with Gasteiger partial charge in [0.2, 0.25) is 0 Å². The van der Waals surface area contributed by atoms with Crippen LogP contribution in [0.5, 0.6) is 0 Å². The molecule has 1 fully saturated rings. The van der Waals surface area contributed by atoms with Crippen molar-refractivity contribution in [3.8, 4) is 0 Å². The van der Waals surface area contributed by atoms with Crippen molar-refractivity contribution in [2.45, 2.75) is 19.3 Å². The Labute approximate surface area is 111 Å². The van der Waals surface area contributed by atoms with Crippen LogP contribution in [0.3, 0.4) is 0 Å². The molecular formula is C13H17ClN4. The lowest BCUT2D eigenvalue weighted by molar-refractivity contribution is 0.352. The van der Waals surface area contributed by atoms with Gasteiger partial charge in [0.1, 0.15) is 5.82 Å². The first kappa shape index (κ1) is 11.8. The van der Waals surface area contributed by atoms with E-state index < -0.39 is 0 Å². The van der Waals surface area contributed by atoms with Gasteiger partial charge in [0.25, 0.3) is 0 Å². The van der Waals surface area contributed by atoms with Gasteiger partial charge >= 0.3 is 0 Å². The number of pyridine rings is 1. The summed E-state index contributed by atoms with van der Waals surface area (Å²) in [5.74, 6) is 1.53. The molecule has 1 saturated heterocycles. The molecular weight excluding hydrogens is 248 g/mol. The van der Waals surface area contributed by atoms with Crippen molar-refractivity contribution in [2.75, 3.05) is 25.4 Å². The summed E-state index contributed by atoms with van der Waals surface area (Å²) in [7, 11) is 0. The van der Waals surface area contributed by atoms with E-state index in [1.807, 2.05) is 18.3 Å². The molecule has 0 bridgehead atoms. The molecule has 3 rings (SSSR count). The van der Waals surface area contributed by atoms with Gasteiger partial charge in [-0.3, -0.25) is 0 Å². The van der Waals surface area contributed by atoms with E-state index >= 15 is 0 Å². The first-order chi connectivity index (χ1) is 8.69. The van der Waals surface area contributed by atoms with E-state index in [2.05, 4.69) is 21.2 Å². The van der Waals surface area contributed by atoms with Crippen molar-refractivity contribution < 1.29 is 0 Å². The van der Waals surface area contributed by atoms with Crippen molar-refractivity contribution in [2.24, 2.45) is 0 Å². The van der Waals surface area contributed by atoms with Crippen LogP contribution in [-0.2, 0) is 0 Å². The number of aromatic nitrogens is 2. The molecule has 0 spiro atoms. The number of likely N-dealkylation sites (N-methyl/N-ethyl adjacent to an activating group) is 1. The Kier molecular flexibility index (Phi) is 2.92. The number of nitrogen functional groups attached to an aromatic ring is 1. The van der Waals surface area contributed by atoms with E-state index in [0.29, 0.717) is 11.1 Å². The minimum atomic E-state index is 0.466. The summed E-state index contributed by atoms with van der Waals surface area (Å²) in [6.07, 6.45) is 3.11. The van der Waals surface area contributed by atoms with Crippen molar-refractivity contribution in [1.29, 1.82) is 0 Å². The second-order valence-corrected chi connectivity index (χ2v) is 5.21. The Morgan fingerprint density at radius 3 is 3.11 bits per heavy atom. The minimum Gasteiger partial charge on any atom is -0.399 e. The van der Waals surface area contributed by atoms with Crippen LogP contribution in [0.15, 0.2) is 18.3 Å². The lowest BCUT2D eigenvalue weighted by Gasteiger charge is -2.12. The van der Waals surface area contributed by atoms with Crippen LogP contribution in [0.2, 0.25) is 5.15 Å². The zero-order chi connectivity index (χ0) is 12.7. The highest BCUT2D eigenvalue weighted by Crippen LogP contribution is 2.30. The van der Waals surface area contributed by atoms with Crippen LogP contribution in [0, 0.1) is 0 Å². The molecule has 18 heavy (non-hydrogen) atoms. The summed E-state index contributed by atoms with van der Waals surface area (Å²) in [5.41, 5.74) is 7.42. The third-order valence-corrected chi connectivity index (χ3v) is 4.01. The maximum absolute atomic E-state index is 6.20. The van der Waals surface area contributed by atoms with E-state index in [4.69, 9.17) is 17.3 Å². The van der Waals surface area contributed by atoms with E-state index in [0.717, 1.165) is 43.1 Å². The van der Waals surface area contributed by atoms with Crippen LogP contribution in [0.1, 0.15) is 25.1 Å². The standard InChI is InChI=1S/C13H17ClN4/c1-2-17-5-3-9(8-17)13-16-12(14)11-7-10(15)4-6-18(11)13/h4,6-7,9H,2-3,5,8,15H2,1H3. The predicted octanol–water partition coefficient (Wildman–Crippen LogP) is 2.38. The Bertz CT molecular complexity index is 578. The number of hydrogen-bond donors (Lipinski definition) is 1. The molecule has 4 nitrogen and oxygen atoms in total. The van der Waals surface area contributed by atoms with Gasteiger partial charge in [-0.2, -0.15) is 0 Å². The van der Waals surface area contributed by atoms with Crippen LogP contribution in [-0.4, -0.2) is 33.9 Å². The third kappa shape index (κ3) is 1.85.